The van der Waals surface area contributed by atoms with Crippen LogP contribution in [0.25, 0.3) is 0 Å². The van der Waals surface area contributed by atoms with E-state index in [1.54, 1.807) is 23.2 Å². The molecular weight excluding hydrogens is 314 g/mol. The summed E-state index contributed by atoms with van der Waals surface area (Å²) in [5.74, 6) is -0.181. The van der Waals surface area contributed by atoms with Crippen LogP contribution >= 0.6 is 11.6 Å². The molecule has 1 aromatic rings. The number of amides is 1. The third-order valence-corrected chi connectivity index (χ3v) is 3.57. The Balaban J connectivity index is 2.32. The van der Waals surface area contributed by atoms with Gasteiger partial charge in [-0.05, 0) is 18.1 Å². The van der Waals surface area contributed by atoms with Crippen LogP contribution < -0.4 is 0 Å². The first kappa shape index (κ1) is 16.0. The summed E-state index contributed by atoms with van der Waals surface area (Å²) in [4.78, 5) is 28.4. The van der Waals surface area contributed by atoms with Crippen LogP contribution in [-0.2, 0) is 6.54 Å². The van der Waals surface area contributed by atoms with Gasteiger partial charge in [0.1, 0.15) is 10.3 Å². The van der Waals surface area contributed by atoms with Gasteiger partial charge in [-0.1, -0.05) is 24.6 Å². The largest absolute Gasteiger partial charge is 0.465 e. The van der Waals surface area contributed by atoms with Crippen molar-refractivity contribution in [3.8, 4) is 0 Å². The molecule has 2 heterocycles. The van der Waals surface area contributed by atoms with Gasteiger partial charge < -0.3 is 10.0 Å². The van der Waals surface area contributed by atoms with Gasteiger partial charge in [-0.3, -0.25) is 0 Å². The molecule has 9 nitrogen and oxygen atoms in total. The molecule has 1 N–H and O–H groups in total. The van der Waals surface area contributed by atoms with E-state index in [0.29, 0.717) is 11.6 Å². The second-order valence-corrected chi connectivity index (χ2v) is 5.10. The van der Waals surface area contributed by atoms with Gasteiger partial charge in [-0.2, -0.15) is 0 Å². The van der Waals surface area contributed by atoms with Crippen LogP contribution in [0.1, 0.15) is 18.9 Å². The Morgan fingerprint density at radius 2 is 2.36 bits per heavy atom. The summed E-state index contributed by atoms with van der Waals surface area (Å²) in [6.07, 6.45) is 0.903. The molecule has 0 radical (unpaired) electrons. The highest BCUT2D eigenvalue weighted by Crippen LogP contribution is 2.22. The van der Waals surface area contributed by atoms with Gasteiger partial charge in [-0.25, -0.2) is 24.8 Å². The Hall–Kier alpha value is -2.42. The van der Waals surface area contributed by atoms with Gasteiger partial charge >= 0.3 is 6.09 Å². The summed E-state index contributed by atoms with van der Waals surface area (Å²) in [6, 6.07) is 3.15. The number of nitrogens with zero attached hydrogens (tertiary/aromatic N) is 5. The molecule has 1 amide bonds. The Morgan fingerprint density at radius 1 is 1.64 bits per heavy atom. The SMILES string of the molecule is CCC1CN(C(=O)O)C(=N[N+](=O)[O-])N1Cc1ccc(Cl)nc1. The highest BCUT2D eigenvalue weighted by atomic mass is 35.5. The summed E-state index contributed by atoms with van der Waals surface area (Å²) in [7, 11) is 0. The summed E-state index contributed by atoms with van der Waals surface area (Å²) < 4.78 is 0. The lowest BCUT2D eigenvalue weighted by atomic mass is 10.2. The van der Waals surface area contributed by atoms with Crippen LogP contribution in [-0.4, -0.2) is 49.6 Å². The number of hydrazone groups is 1. The number of carboxylic acid groups (broad SMARTS) is 1. The molecule has 22 heavy (non-hydrogen) atoms. The summed E-state index contributed by atoms with van der Waals surface area (Å²) >= 11 is 5.72. The van der Waals surface area contributed by atoms with Gasteiger partial charge in [-0.15, -0.1) is 0 Å². The zero-order valence-electron chi connectivity index (χ0n) is 11.7. The molecule has 0 spiro atoms. The molecule has 1 atom stereocenters. The van der Waals surface area contributed by atoms with Gasteiger partial charge in [0, 0.05) is 12.7 Å². The Bertz CT molecular complexity index is 606. The highest BCUT2D eigenvalue weighted by Gasteiger charge is 2.40. The van der Waals surface area contributed by atoms with E-state index in [2.05, 4.69) is 10.1 Å². The molecule has 10 heteroatoms. The van der Waals surface area contributed by atoms with E-state index in [9.17, 15) is 20.0 Å². The molecule has 0 aromatic carbocycles. The number of guanidine groups is 1. The number of hydrogen-bond acceptors (Lipinski definition) is 4. The molecule has 1 saturated heterocycles. The van der Waals surface area contributed by atoms with Gasteiger partial charge in [0.25, 0.3) is 5.96 Å². The van der Waals surface area contributed by atoms with Crippen LogP contribution in [0, 0.1) is 10.1 Å². The molecular formula is C12H14ClN5O4. The number of nitro groups is 1. The van der Waals surface area contributed by atoms with E-state index >= 15 is 0 Å². The summed E-state index contributed by atoms with van der Waals surface area (Å²) in [5.41, 5.74) is 0.756. The van der Waals surface area contributed by atoms with Gasteiger partial charge in [0.15, 0.2) is 5.03 Å². The monoisotopic (exact) mass is 327 g/mol. The zero-order chi connectivity index (χ0) is 16.3. The topological polar surface area (TPSA) is 112 Å². The number of halogens is 1. The van der Waals surface area contributed by atoms with Crippen LogP contribution in [0.4, 0.5) is 4.79 Å². The van der Waals surface area contributed by atoms with E-state index in [1.807, 2.05) is 6.92 Å². The first-order chi connectivity index (χ1) is 10.4. The summed E-state index contributed by atoms with van der Waals surface area (Å²) in [6.45, 7) is 2.28. The second kappa shape index (κ2) is 6.56. The maximum absolute atomic E-state index is 11.3. The van der Waals surface area contributed by atoms with Crippen molar-refractivity contribution in [2.75, 3.05) is 6.54 Å². The molecule has 1 fully saturated rings. The number of rotatable bonds is 4. The van der Waals surface area contributed by atoms with Crippen LogP contribution in [0.5, 0.6) is 0 Å². The van der Waals surface area contributed by atoms with Crippen LogP contribution in [0.2, 0.25) is 5.15 Å². The van der Waals surface area contributed by atoms with Crippen molar-refractivity contribution in [2.45, 2.75) is 25.9 Å². The highest BCUT2D eigenvalue weighted by molar-refractivity contribution is 6.29. The molecule has 2 rings (SSSR count). The second-order valence-electron chi connectivity index (χ2n) is 4.71. The van der Waals surface area contributed by atoms with E-state index < -0.39 is 11.1 Å². The first-order valence-electron chi connectivity index (χ1n) is 6.53. The van der Waals surface area contributed by atoms with E-state index in [1.165, 1.54) is 0 Å². The zero-order valence-corrected chi connectivity index (χ0v) is 12.5. The van der Waals surface area contributed by atoms with Crippen molar-refractivity contribution >= 4 is 23.7 Å². The van der Waals surface area contributed by atoms with E-state index in [-0.39, 0.29) is 25.1 Å². The van der Waals surface area contributed by atoms with Crippen LogP contribution in [0.3, 0.4) is 0 Å². The minimum Gasteiger partial charge on any atom is -0.465 e. The minimum absolute atomic E-state index is 0.138. The number of carbonyl (C=O) groups is 1. The fourth-order valence-electron chi connectivity index (χ4n) is 2.30. The fourth-order valence-corrected chi connectivity index (χ4v) is 2.42. The maximum Gasteiger partial charge on any atom is 0.414 e. The molecule has 118 valence electrons. The number of pyridine rings is 1. The lowest BCUT2D eigenvalue weighted by Crippen LogP contribution is -2.38. The van der Waals surface area contributed by atoms with Crippen molar-refractivity contribution in [3.05, 3.63) is 39.2 Å². The predicted molar refractivity (Wildman–Crippen MR) is 78.0 cm³/mol. The van der Waals surface area contributed by atoms with Crippen LogP contribution in [0.15, 0.2) is 23.4 Å². The van der Waals surface area contributed by atoms with E-state index in [0.717, 1.165) is 10.5 Å². The molecule has 0 bridgehead atoms. The lowest BCUT2D eigenvalue weighted by Gasteiger charge is -2.23. The van der Waals surface area contributed by atoms with Gasteiger partial charge in [0.05, 0.1) is 12.6 Å². The van der Waals surface area contributed by atoms with Crippen molar-refractivity contribution in [1.82, 2.24) is 14.8 Å². The average molecular weight is 328 g/mol. The van der Waals surface area contributed by atoms with Crippen molar-refractivity contribution < 1.29 is 14.9 Å². The first-order valence-corrected chi connectivity index (χ1v) is 6.90. The standard InChI is InChI=1S/C12H14ClN5O4/c1-2-9-7-17(12(19)20)11(15-18(21)22)16(9)6-8-3-4-10(13)14-5-8/h3-5,9H,2,6-7H2,1H3,(H,19,20). The maximum atomic E-state index is 11.3. The van der Waals surface area contributed by atoms with Crippen molar-refractivity contribution in [2.24, 2.45) is 5.10 Å². The average Bonchev–Trinajstić information content (AvgIpc) is 2.79. The molecule has 0 saturated carbocycles. The predicted octanol–water partition coefficient (Wildman–Crippen LogP) is 1.86. The quantitative estimate of drug-likeness (QED) is 0.513. The van der Waals surface area contributed by atoms with Crippen molar-refractivity contribution in [3.63, 3.8) is 0 Å². The number of aromatic nitrogens is 1. The third kappa shape index (κ3) is 3.42. The Labute approximate surface area is 130 Å². The van der Waals surface area contributed by atoms with Gasteiger partial charge in [0.2, 0.25) is 0 Å². The molecule has 1 aliphatic heterocycles. The third-order valence-electron chi connectivity index (χ3n) is 3.35. The molecule has 1 aliphatic rings. The molecule has 1 unspecified atom stereocenters. The number of hydrogen-bond donors (Lipinski definition) is 1. The van der Waals surface area contributed by atoms with Crippen molar-refractivity contribution in [1.29, 1.82) is 0 Å². The normalized spacial score (nSPS) is 19.7. The summed E-state index contributed by atoms with van der Waals surface area (Å²) in [5, 5.41) is 22.6. The Morgan fingerprint density at radius 3 is 2.86 bits per heavy atom. The molecule has 0 aliphatic carbocycles. The fraction of sp³-hybridized carbons (Fsp3) is 0.417. The Kier molecular flexibility index (Phi) is 4.76. The minimum atomic E-state index is -1.27. The van der Waals surface area contributed by atoms with E-state index in [4.69, 9.17) is 11.6 Å². The lowest BCUT2D eigenvalue weighted by molar-refractivity contribution is -0.486. The molecule has 1 aromatic heterocycles. The smallest absolute Gasteiger partial charge is 0.414 e.